The molecule has 3 aromatic rings. The fourth-order valence-electron chi connectivity index (χ4n) is 3.62. The minimum atomic E-state index is -0.566. The van der Waals surface area contributed by atoms with Crippen LogP contribution in [0.1, 0.15) is 12.5 Å². The zero-order valence-corrected chi connectivity index (χ0v) is 19.4. The molecule has 34 heavy (non-hydrogen) atoms. The van der Waals surface area contributed by atoms with Crippen molar-refractivity contribution in [2.24, 2.45) is 0 Å². The molecule has 0 radical (unpaired) electrons. The number of carbonyl (C=O) groups is 2. The van der Waals surface area contributed by atoms with Crippen molar-refractivity contribution in [1.29, 1.82) is 5.26 Å². The molecule has 7 heteroatoms. The van der Waals surface area contributed by atoms with Gasteiger partial charge in [0, 0.05) is 11.4 Å². The normalized spacial score (nSPS) is 16.6. The molecule has 6 nitrogen and oxygen atoms in total. The molecular formula is C27H23N3O3S. The fraction of sp³-hybridized carbons (Fsp3) is 0.148. The number of rotatable bonds is 7. The van der Waals surface area contributed by atoms with Gasteiger partial charge in [0.1, 0.15) is 22.4 Å². The highest BCUT2D eigenvalue weighted by Crippen LogP contribution is 2.42. The van der Waals surface area contributed by atoms with Crippen LogP contribution >= 0.6 is 11.8 Å². The molecule has 0 saturated carbocycles. The lowest BCUT2D eigenvalue weighted by molar-refractivity contribution is -0.117. The van der Waals surface area contributed by atoms with E-state index in [2.05, 4.69) is 5.32 Å². The highest BCUT2D eigenvalue weighted by Gasteiger charge is 2.40. The molecule has 1 aliphatic rings. The number of para-hydroxylation sites is 1. The molecule has 0 spiro atoms. The highest BCUT2D eigenvalue weighted by molar-refractivity contribution is 8.05. The average molecular weight is 470 g/mol. The lowest BCUT2D eigenvalue weighted by Crippen LogP contribution is -2.30. The van der Waals surface area contributed by atoms with Gasteiger partial charge in [-0.15, -0.1) is 0 Å². The number of nitrogens with one attached hydrogen (secondary N) is 1. The van der Waals surface area contributed by atoms with Crippen LogP contribution < -0.4 is 15.0 Å². The molecule has 0 unspecified atom stereocenters. The topological polar surface area (TPSA) is 82.4 Å². The smallest absolute Gasteiger partial charge is 0.269 e. The molecule has 1 fully saturated rings. The van der Waals surface area contributed by atoms with Gasteiger partial charge in [-0.05, 0) is 55.3 Å². The van der Waals surface area contributed by atoms with Crippen LogP contribution in [-0.2, 0) is 16.0 Å². The van der Waals surface area contributed by atoms with Crippen molar-refractivity contribution in [3.05, 3.63) is 101 Å². The van der Waals surface area contributed by atoms with Crippen LogP contribution in [-0.4, -0.2) is 23.7 Å². The summed E-state index contributed by atoms with van der Waals surface area (Å²) in [4.78, 5) is 28.0. The number of carbonyl (C=O) groups excluding carboxylic acids is 2. The maximum absolute atomic E-state index is 13.4. The first kappa shape index (κ1) is 23.1. The Balaban J connectivity index is 1.66. The van der Waals surface area contributed by atoms with Gasteiger partial charge in [-0.25, -0.2) is 0 Å². The third kappa shape index (κ3) is 5.13. The van der Waals surface area contributed by atoms with Crippen molar-refractivity contribution in [3.63, 3.8) is 0 Å². The van der Waals surface area contributed by atoms with Crippen molar-refractivity contribution < 1.29 is 14.3 Å². The number of anilines is 2. The Bertz CT molecular complexity index is 1240. The fourth-order valence-corrected chi connectivity index (χ4v) is 4.93. The lowest BCUT2D eigenvalue weighted by Gasteiger charge is -2.18. The third-order valence-corrected chi connectivity index (χ3v) is 6.47. The minimum Gasteiger partial charge on any atom is -0.494 e. The summed E-state index contributed by atoms with van der Waals surface area (Å²) in [6.07, 6.45) is 0.496. The van der Waals surface area contributed by atoms with Gasteiger partial charge in [-0.3, -0.25) is 14.5 Å². The van der Waals surface area contributed by atoms with Gasteiger partial charge < -0.3 is 10.1 Å². The number of amides is 2. The van der Waals surface area contributed by atoms with E-state index < -0.39 is 11.2 Å². The van der Waals surface area contributed by atoms with E-state index in [-0.39, 0.29) is 11.5 Å². The predicted molar refractivity (Wildman–Crippen MR) is 134 cm³/mol. The zero-order chi connectivity index (χ0) is 23.9. The Morgan fingerprint density at radius 1 is 1.03 bits per heavy atom. The molecule has 4 rings (SSSR count). The second-order valence-electron chi connectivity index (χ2n) is 7.51. The number of benzene rings is 3. The van der Waals surface area contributed by atoms with E-state index in [1.54, 1.807) is 36.4 Å². The molecule has 1 saturated heterocycles. The monoisotopic (exact) mass is 469 g/mol. The Labute approximate surface area is 202 Å². The summed E-state index contributed by atoms with van der Waals surface area (Å²) in [7, 11) is 0. The maximum Gasteiger partial charge on any atom is 0.269 e. The molecule has 2 amide bonds. The Morgan fingerprint density at radius 2 is 1.68 bits per heavy atom. The van der Waals surface area contributed by atoms with E-state index in [4.69, 9.17) is 4.74 Å². The van der Waals surface area contributed by atoms with Gasteiger partial charge in [0.15, 0.2) is 0 Å². The van der Waals surface area contributed by atoms with E-state index in [9.17, 15) is 14.9 Å². The summed E-state index contributed by atoms with van der Waals surface area (Å²) < 4.78 is 5.43. The van der Waals surface area contributed by atoms with E-state index in [1.807, 2.05) is 61.5 Å². The predicted octanol–water partition coefficient (Wildman–Crippen LogP) is 5.15. The number of ether oxygens (including phenoxy) is 1. The molecule has 170 valence electrons. The molecule has 1 heterocycles. The summed E-state index contributed by atoms with van der Waals surface area (Å²) in [5, 5.41) is 12.6. The van der Waals surface area contributed by atoms with Crippen LogP contribution in [0.15, 0.2) is 95.5 Å². The number of nitrogens with zero attached hydrogens (tertiary/aromatic N) is 2. The van der Waals surface area contributed by atoms with E-state index in [0.29, 0.717) is 35.2 Å². The molecular weight excluding hydrogens is 446 g/mol. The number of thioether (sulfide) groups is 1. The summed E-state index contributed by atoms with van der Waals surface area (Å²) in [5.41, 5.74) is 2.06. The summed E-state index contributed by atoms with van der Waals surface area (Å²) in [6.45, 7) is 2.44. The number of nitriles is 1. The van der Waals surface area contributed by atoms with Crippen molar-refractivity contribution in [2.45, 2.75) is 18.6 Å². The van der Waals surface area contributed by atoms with Crippen molar-refractivity contribution in [1.82, 2.24) is 0 Å². The van der Waals surface area contributed by atoms with Gasteiger partial charge in [0.2, 0.25) is 5.91 Å². The second-order valence-corrected chi connectivity index (χ2v) is 8.70. The third-order valence-electron chi connectivity index (χ3n) is 5.21. The molecule has 0 bridgehead atoms. The number of hydrogen-bond acceptors (Lipinski definition) is 5. The minimum absolute atomic E-state index is 0.105. The molecule has 0 aliphatic carbocycles. The lowest BCUT2D eigenvalue weighted by atomic mass is 10.1. The molecule has 1 aliphatic heterocycles. The van der Waals surface area contributed by atoms with Gasteiger partial charge in [-0.1, -0.05) is 60.3 Å². The van der Waals surface area contributed by atoms with Gasteiger partial charge in [0.05, 0.1) is 11.9 Å². The summed E-state index contributed by atoms with van der Waals surface area (Å²) in [6, 6.07) is 27.7. The molecule has 1 atom stereocenters. The van der Waals surface area contributed by atoms with Crippen LogP contribution in [0.25, 0.3) is 0 Å². The Hall–Kier alpha value is -4.02. The van der Waals surface area contributed by atoms with Gasteiger partial charge in [0.25, 0.3) is 5.91 Å². The van der Waals surface area contributed by atoms with E-state index in [0.717, 1.165) is 5.56 Å². The van der Waals surface area contributed by atoms with E-state index >= 15 is 0 Å². The molecule has 0 aromatic heterocycles. The van der Waals surface area contributed by atoms with Crippen molar-refractivity contribution >= 4 is 35.0 Å². The summed E-state index contributed by atoms with van der Waals surface area (Å²) >= 11 is 1.25. The Kier molecular flexibility index (Phi) is 7.31. The molecule has 3 aromatic carbocycles. The standard InChI is InChI=1S/C27H23N3O3S/c1-2-33-22-15-13-20(14-16-22)29-25(31)23(18-28)27-30(21-11-7-4-8-12-21)26(32)24(34-27)17-19-9-5-3-6-10-19/h3-16,24H,2,17H2,1H3,(H,29,31)/b27-23+/t24-/m1/s1. The molecule has 1 N–H and O–H groups in total. The summed E-state index contributed by atoms with van der Waals surface area (Å²) in [5.74, 6) is -0.0322. The van der Waals surface area contributed by atoms with Crippen LogP contribution in [0.2, 0.25) is 0 Å². The SMILES string of the molecule is CCOc1ccc(NC(=O)/C(C#N)=C2/S[C@H](Cc3ccccc3)C(=O)N2c2ccccc2)cc1. The average Bonchev–Trinajstić information content (AvgIpc) is 3.17. The Morgan fingerprint density at radius 3 is 2.29 bits per heavy atom. The highest BCUT2D eigenvalue weighted by atomic mass is 32.2. The van der Waals surface area contributed by atoms with Crippen molar-refractivity contribution in [2.75, 3.05) is 16.8 Å². The first-order valence-corrected chi connectivity index (χ1v) is 11.8. The van der Waals surface area contributed by atoms with Crippen LogP contribution in [0.3, 0.4) is 0 Å². The largest absolute Gasteiger partial charge is 0.494 e. The quantitative estimate of drug-likeness (QED) is 0.382. The zero-order valence-electron chi connectivity index (χ0n) is 18.6. The van der Waals surface area contributed by atoms with Gasteiger partial charge >= 0.3 is 0 Å². The maximum atomic E-state index is 13.4. The first-order valence-electron chi connectivity index (χ1n) is 10.9. The van der Waals surface area contributed by atoms with Gasteiger partial charge in [-0.2, -0.15) is 5.26 Å². The van der Waals surface area contributed by atoms with Crippen molar-refractivity contribution in [3.8, 4) is 11.8 Å². The second kappa shape index (κ2) is 10.7. The van der Waals surface area contributed by atoms with Crippen LogP contribution in [0.5, 0.6) is 5.75 Å². The van der Waals surface area contributed by atoms with Crippen LogP contribution in [0, 0.1) is 11.3 Å². The van der Waals surface area contributed by atoms with Crippen LogP contribution in [0.4, 0.5) is 11.4 Å². The number of hydrogen-bond donors (Lipinski definition) is 1. The first-order chi connectivity index (χ1) is 16.6. The van der Waals surface area contributed by atoms with E-state index in [1.165, 1.54) is 16.7 Å².